The van der Waals surface area contributed by atoms with Crippen molar-refractivity contribution in [3.05, 3.63) is 77.0 Å². The summed E-state index contributed by atoms with van der Waals surface area (Å²) in [6.45, 7) is 0.800. The molecular formula is C23H24N4OS. The van der Waals surface area contributed by atoms with E-state index in [0.717, 1.165) is 36.2 Å². The molecule has 0 aliphatic carbocycles. The Morgan fingerprint density at radius 3 is 2.79 bits per heavy atom. The van der Waals surface area contributed by atoms with Gasteiger partial charge < -0.3 is 14.0 Å². The molecule has 2 atom stereocenters. The first kappa shape index (κ1) is 18.2. The lowest BCUT2D eigenvalue weighted by molar-refractivity contribution is -0.132. The highest BCUT2D eigenvalue weighted by molar-refractivity contribution is 7.08. The van der Waals surface area contributed by atoms with Crippen LogP contribution in [0.15, 0.2) is 65.6 Å². The third kappa shape index (κ3) is 3.27. The van der Waals surface area contributed by atoms with Gasteiger partial charge in [-0.3, -0.25) is 4.79 Å². The van der Waals surface area contributed by atoms with Crippen molar-refractivity contribution in [2.45, 2.75) is 31.3 Å². The highest BCUT2D eigenvalue weighted by atomic mass is 32.1. The molecular weight excluding hydrogens is 380 g/mol. The van der Waals surface area contributed by atoms with Gasteiger partial charge in [0.15, 0.2) is 0 Å². The molecule has 29 heavy (non-hydrogen) atoms. The predicted molar refractivity (Wildman–Crippen MR) is 116 cm³/mol. The molecule has 5 rings (SSSR count). The number of benzene rings is 1. The number of nitrogens with zero attached hydrogens (tertiary/aromatic N) is 4. The maximum absolute atomic E-state index is 13.4. The van der Waals surface area contributed by atoms with Crippen LogP contribution in [0.5, 0.6) is 0 Å². The van der Waals surface area contributed by atoms with Gasteiger partial charge in [-0.05, 0) is 59.5 Å². The number of thiophene rings is 1. The first-order chi connectivity index (χ1) is 14.2. The summed E-state index contributed by atoms with van der Waals surface area (Å²) >= 11 is 1.67. The number of carbonyl (C=O) groups is 1. The van der Waals surface area contributed by atoms with Crippen LogP contribution in [0.3, 0.4) is 0 Å². The second-order valence-electron chi connectivity index (χ2n) is 7.67. The minimum absolute atomic E-state index is 0.0328. The minimum Gasteiger partial charge on any atom is -0.346 e. The van der Waals surface area contributed by atoms with Gasteiger partial charge in [0, 0.05) is 26.0 Å². The average Bonchev–Trinajstić information content (AvgIpc) is 3.53. The third-order valence-corrected chi connectivity index (χ3v) is 6.68. The quantitative estimate of drug-likeness (QED) is 0.480. The van der Waals surface area contributed by atoms with Gasteiger partial charge in [-0.25, -0.2) is 4.98 Å². The standard InChI is InChI=1S/C23H24N4OS/c1-25-19-8-3-2-7-18(19)24-23(25)20-9-6-13-27(20)22(28)15-21(17-10-14-29-16-17)26-11-4-5-12-26/h2-5,7-8,10-12,14,16,20-21H,6,9,13,15H2,1H3/t20-,21-/m0/s1. The van der Waals surface area contributed by atoms with Crippen molar-refractivity contribution in [1.29, 1.82) is 0 Å². The van der Waals surface area contributed by atoms with E-state index in [2.05, 4.69) is 39.1 Å². The second kappa shape index (κ2) is 7.52. The average molecular weight is 405 g/mol. The Morgan fingerprint density at radius 1 is 1.21 bits per heavy atom. The fraction of sp³-hybridized carbons (Fsp3) is 0.304. The van der Waals surface area contributed by atoms with Gasteiger partial charge in [-0.15, -0.1) is 0 Å². The number of para-hydroxylation sites is 2. The molecule has 4 aromatic rings. The molecule has 6 heteroatoms. The van der Waals surface area contributed by atoms with Crippen molar-refractivity contribution in [1.82, 2.24) is 19.0 Å². The molecule has 3 aromatic heterocycles. The smallest absolute Gasteiger partial charge is 0.225 e. The minimum atomic E-state index is 0.0328. The lowest BCUT2D eigenvalue weighted by atomic mass is 10.1. The monoisotopic (exact) mass is 404 g/mol. The maximum Gasteiger partial charge on any atom is 0.225 e. The zero-order valence-corrected chi connectivity index (χ0v) is 17.3. The lowest BCUT2D eigenvalue weighted by Crippen LogP contribution is -2.33. The van der Waals surface area contributed by atoms with Crippen molar-refractivity contribution in [2.24, 2.45) is 7.05 Å². The van der Waals surface area contributed by atoms with Gasteiger partial charge in [-0.2, -0.15) is 11.3 Å². The number of imidazole rings is 1. The fourth-order valence-corrected chi connectivity index (χ4v) is 5.20. The van der Waals surface area contributed by atoms with Gasteiger partial charge in [0.1, 0.15) is 5.82 Å². The van der Waals surface area contributed by atoms with Crippen LogP contribution in [-0.4, -0.2) is 31.5 Å². The number of amides is 1. The van der Waals surface area contributed by atoms with Gasteiger partial charge in [0.2, 0.25) is 5.91 Å². The molecule has 0 spiro atoms. The number of hydrogen-bond donors (Lipinski definition) is 0. The molecule has 1 aliphatic heterocycles. The first-order valence-electron chi connectivity index (χ1n) is 10.1. The van der Waals surface area contributed by atoms with Crippen LogP contribution in [0.2, 0.25) is 0 Å². The summed E-state index contributed by atoms with van der Waals surface area (Å²) in [7, 11) is 2.06. The third-order valence-electron chi connectivity index (χ3n) is 5.98. The van der Waals surface area contributed by atoms with E-state index in [0.29, 0.717) is 6.42 Å². The molecule has 1 amide bonds. The Kier molecular flexibility index (Phi) is 4.72. The highest BCUT2D eigenvalue weighted by Gasteiger charge is 2.34. The molecule has 1 fully saturated rings. The van der Waals surface area contributed by atoms with Crippen molar-refractivity contribution >= 4 is 28.3 Å². The Labute approximate surface area is 174 Å². The number of rotatable bonds is 5. The Balaban J connectivity index is 1.43. The van der Waals surface area contributed by atoms with Gasteiger partial charge in [0.25, 0.3) is 0 Å². The zero-order valence-electron chi connectivity index (χ0n) is 16.4. The van der Waals surface area contributed by atoms with Gasteiger partial charge in [0.05, 0.1) is 29.5 Å². The molecule has 0 N–H and O–H groups in total. The van der Waals surface area contributed by atoms with E-state index in [-0.39, 0.29) is 18.0 Å². The molecule has 1 saturated heterocycles. The molecule has 148 valence electrons. The summed E-state index contributed by atoms with van der Waals surface area (Å²) in [5.41, 5.74) is 3.30. The summed E-state index contributed by atoms with van der Waals surface area (Å²) in [6.07, 6.45) is 6.54. The van der Waals surface area contributed by atoms with E-state index in [4.69, 9.17) is 4.98 Å². The number of aryl methyl sites for hydroxylation is 1. The predicted octanol–water partition coefficient (Wildman–Crippen LogP) is 4.78. The van der Waals surface area contributed by atoms with Crippen molar-refractivity contribution < 1.29 is 4.79 Å². The van der Waals surface area contributed by atoms with E-state index in [9.17, 15) is 4.79 Å². The van der Waals surface area contributed by atoms with Crippen molar-refractivity contribution in [3.63, 3.8) is 0 Å². The molecule has 0 radical (unpaired) electrons. The van der Waals surface area contributed by atoms with E-state index in [1.165, 1.54) is 5.56 Å². The second-order valence-corrected chi connectivity index (χ2v) is 8.45. The van der Waals surface area contributed by atoms with Gasteiger partial charge in [-0.1, -0.05) is 12.1 Å². The van der Waals surface area contributed by atoms with Crippen LogP contribution in [0.4, 0.5) is 0 Å². The van der Waals surface area contributed by atoms with Crippen LogP contribution in [0.1, 0.15) is 42.7 Å². The van der Waals surface area contributed by atoms with Crippen LogP contribution in [-0.2, 0) is 11.8 Å². The summed E-state index contributed by atoms with van der Waals surface area (Å²) in [6, 6.07) is 14.4. The highest BCUT2D eigenvalue weighted by Crippen LogP contribution is 2.35. The molecule has 5 nitrogen and oxygen atoms in total. The zero-order chi connectivity index (χ0) is 19.8. The number of likely N-dealkylation sites (tertiary alicyclic amines) is 1. The SMILES string of the molecule is Cn1c([C@@H]2CCCN2C(=O)C[C@@H](c2ccsc2)n2cccc2)nc2ccccc21. The number of aromatic nitrogens is 3. The normalized spacial score (nSPS) is 17.8. The first-order valence-corrected chi connectivity index (χ1v) is 11.0. The summed E-state index contributed by atoms with van der Waals surface area (Å²) in [5, 5.41) is 4.22. The molecule has 1 aromatic carbocycles. The van der Waals surface area contributed by atoms with Gasteiger partial charge >= 0.3 is 0 Å². The van der Waals surface area contributed by atoms with Crippen LogP contribution in [0, 0.1) is 0 Å². The fourth-order valence-electron chi connectivity index (χ4n) is 4.49. The lowest BCUT2D eigenvalue weighted by Gasteiger charge is -2.27. The largest absolute Gasteiger partial charge is 0.346 e. The van der Waals surface area contributed by atoms with Crippen LogP contribution < -0.4 is 0 Å². The molecule has 0 bridgehead atoms. The summed E-state index contributed by atoms with van der Waals surface area (Å²) in [5.74, 6) is 1.19. The number of hydrogen-bond acceptors (Lipinski definition) is 3. The van der Waals surface area contributed by atoms with E-state index in [1.807, 2.05) is 47.6 Å². The van der Waals surface area contributed by atoms with E-state index in [1.54, 1.807) is 11.3 Å². The summed E-state index contributed by atoms with van der Waals surface area (Å²) < 4.78 is 4.29. The number of fused-ring (bicyclic) bond motifs is 1. The maximum atomic E-state index is 13.4. The molecule has 1 aliphatic rings. The molecule has 4 heterocycles. The van der Waals surface area contributed by atoms with E-state index < -0.39 is 0 Å². The Bertz CT molecular complexity index is 1080. The molecule has 0 saturated carbocycles. The van der Waals surface area contributed by atoms with Crippen molar-refractivity contribution in [3.8, 4) is 0 Å². The van der Waals surface area contributed by atoms with E-state index >= 15 is 0 Å². The Morgan fingerprint density at radius 2 is 2.03 bits per heavy atom. The summed E-state index contributed by atoms with van der Waals surface area (Å²) in [4.78, 5) is 20.4. The Hall–Kier alpha value is -2.86. The van der Waals surface area contributed by atoms with Crippen LogP contribution >= 0.6 is 11.3 Å². The molecule has 0 unspecified atom stereocenters. The number of carbonyl (C=O) groups excluding carboxylic acids is 1. The van der Waals surface area contributed by atoms with Crippen molar-refractivity contribution in [2.75, 3.05) is 6.54 Å². The topological polar surface area (TPSA) is 43.1 Å². The van der Waals surface area contributed by atoms with Crippen LogP contribution in [0.25, 0.3) is 11.0 Å².